The van der Waals surface area contributed by atoms with Crippen LogP contribution in [0.15, 0.2) is 24.4 Å². The number of H-pyrrole nitrogens is 1. The van der Waals surface area contributed by atoms with E-state index in [4.69, 9.17) is 0 Å². The molecule has 2 aromatic heterocycles. The van der Waals surface area contributed by atoms with Crippen molar-refractivity contribution in [1.82, 2.24) is 25.3 Å². The summed E-state index contributed by atoms with van der Waals surface area (Å²) in [6.07, 6.45) is 1.85. The standard InChI is InChI=1S/C14H17N5O2/c1-9-13(17-18-16-9)14(21)19-7-10(12(20)8-19)6-11-4-2-3-5-15-11/h2-5,10,12,20H,6-8H2,1H3,(H,16,17,18)/t10-,12-/m1/s1. The van der Waals surface area contributed by atoms with Crippen LogP contribution in [0.2, 0.25) is 0 Å². The number of hydrogen-bond acceptors (Lipinski definition) is 5. The molecular weight excluding hydrogens is 270 g/mol. The van der Waals surface area contributed by atoms with Gasteiger partial charge in [0.25, 0.3) is 5.91 Å². The van der Waals surface area contributed by atoms with Crippen molar-refractivity contribution in [3.63, 3.8) is 0 Å². The predicted molar refractivity (Wildman–Crippen MR) is 74.5 cm³/mol. The number of nitrogens with one attached hydrogen (secondary N) is 1. The molecular formula is C14H17N5O2. The quantitative estimate of drug-likeness (QED) is 0.840. The van der Waals surface area contributed by atoms with Gasteiger partial charge in [0.05, 0.1) is 11.8 Å². The number of likely N-dealkylation sites (tertiary alicyclic amines) is 1. The van der Waals surface area contributed by atoms with Gasteiger partial charge in [0, 0.05) is 30.9 Å². The first-order valence-electron chi connectivity index (χ1n) is 6.89. The number of aliphatic hydroxyl groups excluding tert-OH is 1. The fourth-order valence-corrected chi connectivity index (χ4v) is 2.64. The maximum atomic E-state index is 12.3. The highest BCUT2D eigenvalue weighted by Crippen LogP contribution is 2.22. The van der Waals surface area contributed by atoms with Crippen molar-refractivity contribution in [3.05, 3.63) is 41.5 Å². The number of carbonyl (C=O) groups is 1. The molecule has 0 spiro atoms. The Kier molecular flexibility index (Phi) is 3.66. The number of aromatic nitrogens is 4. The smallest absolute Gasteiger partial charge is 0.276 e. The van der Waals surface area contributed by atoms with Gasteiger partial charge in [-0.2, -0.15) is 15.4 Å². The Bertz CT molecular complexity index is 627. The van der Waals surface area contributed by atoms with Crippen LogP contribution in [-0.2, 0) is 6.42 Å². The number of nitrogens with zero attached hydrogens (tertiary/aromatic N) is 4. The fourth-order valence-electron chi connectivity index (χ4n) is 2.64. The maximum absolute atomic E-state index is 12.3. The zero-order valence-corrected chi connectivity index (χ0v) is 11.7. The summed E-state index contributed by atoms with van der Waals surface area (Å²) in [5.74, 6) is -0.195. The minimum absolute atomic E-state index is 0.00365. The molecule has 1 saturated heterocycles. The van der Waals surface area contributed by atoms with Crippen LogP contribution in [0.4, 0.5) is 0 Å². The minimum atomic E-state index is -0.539. The molecule has 1 aliphatic rings. The molecule has 2 N–H and O–H groups in total. The normalized spacial score (nSPS) is 21.7. The van der Waals surface area contributed by atoms with Crippen LogP contribution in [0.3, 0.4) is 0 Å². The van der Waals surface area contributed by atoms with Crippen molar-refractivity contribution in [3.8, 4) is 0 Å². The Balaban J connectivity index is 1.69. The molecule has 0 unspecified atom stereocenters. The largest absolute Gasteiger partial charge is 0.391 e. The Morgan fingerprint density at radius 3 is 2.95 bits per heavy atom. The van der Waals surface area contributed by atoms with Gasteiger partial charge in [0.1, 0.15) is 0 Å². The zero-order chi connectivity index (χ0) is 14.8. The third kappa shape index (κ3) is 2.78. The molecule has 110 valence electrons. The van der Waals surface area contributed by atoms with Crippen molar-refractivity contribution in [2.24, 2.45) is 5.92 Å². The van der Waals surface area contributed by atoms with Crippen molar-refractivity contribution in [2.45, 2.75) is 19.4 Å². The lowest BCUT2D eigenvalue weighted by Crippen LogP contribution is -2.30. The van der Waals surface area contributed by atoms with E-state index in [9.17, 15) is 9.90 Å². The summed E-state index contributed by atoms with van der Waals surface area (Å²) in [5, 5.41) is 20.3. The van der Waals surface area contributed by atoms with Gasteiger partial charge in [-0.25, -0.2) is 0 Å². The molecule has 2 atom stereocenters. The van der Waals surface area contributed by atoms with E-state index in [1.807, 2.05) is 18.2 Å². The molecule has 0 aliphatic carbocycles. The van der Waals surface area contributed by atoms with Crippen LogP contribution >= 0.6 is 0 Å². The number of aliphatic hydroxyl groups is 1. The van der Waals surface area contributed by atoms with Gasteiger partial charge < -0.3 is 10.0 Å². The van der Waals surface area contributed by atoms with Crippen LogP contribution in [0.1, 0.15) is 21.9 Å². The molecule has 7 heteroatoms. The Morgan fingerprint density at radius 2 is 2.29 bits per heavy atom. The Labute approximate surface area is 122 Å². The molecule has 0 bridgehead atoms. The first-order chi connectivity index (χ1) is 10.1. The number of aryl methyl sites for hydroxylation is 1. The van der Waals surface area contributed by atoms with Gasteiger partial charge >= 0.3 is 0 Å². The topological polar surface area (TPSA) is 95.0 Å². The monoisotopic (exact) mass is 287 g/mol. The molecule has 3 heterocycles. The summed E-state index contributed by atoms with van der Waals surface area (Å²) in [5.41, 5.74) is 1.82. The van der Waals surface area contributed by atoms with Crippen molar-refractivity contribution < 1.29 is 9.90 Å². The van der Waals surface area contributed by atoms with Gasteiger partial charge in [-0.05, 0) is 25.5 Å². The van der Waals surface area contributed by atoms with Gasteiger partial charge in [0.2, 0.25) is 0 Å². The molecule has 1 fully saturated rings. The Hall–Kier alpha value is -2.28. The fraction of sp³-hybridized carbons (Fsp3) is 0.429. The van der Waals surface area contributed by atoms with Gasteiger partial charge in [-0.1, -0.05) is 6.07 Å². The first-order valence-corrected chi connectivity index (χ1v) is 6.89. The number of β-amino-alcohol motifs (C(OH)–C–C–N with tert-alkyl or cyclic N) is 1. The van der Waals surface area contributed by atoms with E-state index < -0.39 is 6.10 Å². The van der Waals surface area contributed by atoms with E-state index in [1.54, 1.807) is 18.0 Å². The summed E-state index contributed by atoms with van der Waals surface area (Å²) in [6.45, 7) is 2.56. The summed E-state index contributed by atoms with van der Waals surface area (Å²) >= 11 is 0. The molecule has 0 radical (unpaired) electrons. The van der Waals surface area contributed by atoms with Crippen molar-refractivity contribution in [2.75, 3.05) is 13.1 Å². The molecule has 0 saturated carbocycles. The average Bonchev–Trinajstić information content (AvgIpc) is 3.06. The zero-order valence-electron chi connectivity index (χ0n) is 11.7. The highest BCUT2D eigenvalue weighted by atomic mass is 16.3. The summed E-state index contributed by atoms with van der Waals surface area (Å²) in [6, 6.07) is 5.71. The first kappa shape index (κ1) is 13.7. The number of aromatic amines is 1. The number of carbonyl (C=O) groups excluding carboxylic acids is 1. The van der Waals surface area contributed by atoms with E-state index in [0.29, 0.717) is 30.9 Å². The molecule has 2 aromatic rings. The van der Waals surface area contributed by atoms with Crippen LogP contribution in [-0.4, -0.2) is 55.5 Å². The van der Waals surface area contributed by atoms with Crippen LogP contribution in [0.5, 0.6) is 0 Å². The average molecular weight is 287 g/mol. The molecule has 1 aliphatic heterocycles. The SMILES string of the molecule is Cc1n[nH]nc1C(=O)N1C[C@@H](Cc2ccccn2)[C@H](O)C1. The third-order valence-corrected chi connectivity index (χ3v) is 3.82. The highest BCUT2D eigenvalue weighted by molar-refractivity contribution is 5.93. The molecule has 7 nitrogen and oxygen atoms in total. The van der Waals surface area contributed by atoms with Gasteiger partial charge in [-0.15, -0.1) is 0 Å². The third-order valence-electron chi connectivity index (χ3n) is 3.82. The summed E-state index contributed by atoms with van der Waals surface area (Å²) in [7, 11) is 0. The van der Waals surface area contributed by atoms with E-state index in [0.717, 1.165) is 5.69 Å². The summed E-state index contributed by atoms with van der Waals surface area (Å²) < 4.78 is 0. The van der Waals surface area contributed by atoms with Crippen LogP contribution in [0.25, 0.3) is 0 Å². The molecule has 21 heavy (non-hydrogen) atoms. The number of rotatable bonds is 3. The number of hydrogen-bond donors (Lipinski definition) is 2. The molecule has 0 aromatic carbocycles. The van der Waals surface area contributed by atoms with Crippen LogP contribution in [0, 0.1) is 12.8 Å². The number of pyridine rings is 1. The van der Waals surface area contributed by atoms with Gasteiger partial charge in [0.15, 0.2) is 5.69 Å². The van der Waals surface area contributed by atoms with Gasteiger partial charge in [-0.3, -0.25) is 9.78 Å². The van der Waals surface area contributed by atoms with E-state index in [2.05, 4.69) is 20.4 Å². The van der Waals surface area contributed by atoms with E-state index >= 15 is 0 Å². The van der Waals surface area contributed by atoms with E-state index in [1.165, 1.54) is 0 Å². The minimum Gasteiger partial charge on any atom is -0.391 e. The Morgan fingerprint density at radius 1 is 1.43 bits per heavy atom. The van der Waals surface area contributed by atoms with Crippen molar-refractivity contribution >= 4 is 5.91 Å². The molecule has 3 rings (SSSR count). The molecule has 1 amide bonds. The summed E-state index contributed by atoms with van der Waals surface area (Å²) in [4.78, 5) is 18.2. The lowest BCUT2D eigenvalue weighted by atomic mass is 10.00. The van der Waals surface area contributed by atoms with Crippen molar-refractivity contribution in [1.29, 1.82) is 0 Å². The second kappa shape index (κ2) is 5.61. The predicted octanol–water partition coefficient (Wildman–Crippen LogP) is 0.184. The lowest BCUT2D eigenvalue weighted by Gasteiger charge is -2.14. The maximum Gasteiger partial charge on any atom is 0.276 e. The highest BCUT2D eigenvalue weighted by Gasteiger charge is 2.35. The number of amides is 1. The van der Waals surface area contributed by atoms with Crippen LogP contribution < -0.4 is 0 Å². The lowest BCUT2D eigenvalue weighted by molar-refractivity contribution is 0.0758. The second-order valence-electron chi connectivity index (χ2n) is 5.32. The van der Waals surface area contributed by atoms with E-state index in [-0.39, 0.29) is 11.8 Å². The second-order valence-corrected chi connectivity index (χ2v) is 5.32.